The lowest BCUT2D eigenvalue weighted by molar-refractivity contribution is -0.105. The fraction of sp³-hybridized carbons (Fsp3) is 0.182. The Morgan fingerprint density at radius 2 is 2.00 bits per heavy atom. The molecule has 2 nitrogen and oxygen atoms in total. The van der Waals surface area contributed by atoms with Gasteiger partial charge in [0.15, 0.2) is 0 Å². The number of pyridine rings is 1. The van der Waals surface area contributed by atoms with E-state index in [0.29, 0.717) is 15.9 Å². The molecule has 1 atom stereocenters. The molecular formula is C11H7ClF3NOS. The van der Waals surface area contributed by atoms with Crippen LogP contribution in [0.25, 0.3) is 10.9 Å². The molecule has 0 aliphatic carbocycles. The highest BCUT2D eigenvalue weighted by Gasteiger charge is 2.31. The summed E-state index contributed by atoms with van der Waals surface area (Å²) in [5.74, 6) is -1.36. The maximum atomic E-state index is 12.2. The number of fused-ring (bicyclic) bond motifs is 1. The van der Waals surface area contributed by atoms with Crippen molar-refractivity contribution in [1.29, 1.82) is 0 Å². The van der Waals surface area contributed by atoms with Crippen molar-refractivity contribution >= 4 is 33.3 Å². The lowest BCUT2D eigenvalue weighted by Crippen LogP contribution is -2.18. The normalized spacial score (nSPS) is 13.8. The van der Waals surface area contributed by atoms with Crippen LogP contribution in [0.3, 0.4) is 0 Å². The summed E-state index contributed by atoms with van der Waals surface area (Å²) in [5, 5.41) is 0.859. The van der Waals surface area contributed by atoms with Crippen molar-refractivity contribution in [2.75, 3.05) is 5.75 Å². The Hall–Kier alpha value is -1.14. The molecule has 0 fully saturated rings. The van der Waals surface area contributed by atoms with Gasteiger partial charge in [0, 0.05) is 16.5 Å². The predicted octanol–water partition coefficient (Wildman–Crippen LogP) is 3.56. The van der Waals surface area contributed by atoms with Gasteiger partial charge >= 0.3 is 6.18 Å². The fourth-order valence-electron chi connectivity index (χ4n) is 1.47. The summed E-state index contributed by atoms with van der Waals surface area (Å²) in [4.78, 5) is 4.10. The zero-order valence-corrected chi connectivity index (χ0v) is 10.4. The molecule has 0 aliphatic rings. The van der Waals surface area contributed by atoms with Crippen molar-refractivity contribution in [3.8, 4) is 0 Å². The zero-order valence-electron chi connectivity index (χ0n) is 8.87. The van der Waals surface area contributed by atoms with Crippen molar-refractivity contribution in [2.45, 2.75) is 11.1 Å². The first-order valence-corrected chi connectivity index (χ1v) is 6.56. The Bertz CT molecular complexity index is 615. The van der Waals surface area contributed by atoms with E-state index in [1.807, 2.05) is 0 Å². The summed E-state index contributed by atoms with van der Waals surface area (Å²) in [7, 11) is -2.13. The second kappa shape index (κ2) is 4.85. The van der Waals surface area contributed by atoms with Crippen LogP contribution in [0.5, 0.6) is 0 Å². The lowest BCUT2D eigenvalue weighted by atomic mass is 10.2. The van der Waals surface area contributed by atoms with Crippen molar-refractivity contribution in [2.24, 2.45) is 0 Å². The molecule has 0 radical (unpaired) electrons. The van der Waals surface area contributed by atoms with Gasteiger partial charge in [0.2, 0.25) is 0 Å². The standard InChI is InChI=1S/C11H7ClF3NOS/c12-9-3-4-16-10-2-1-7(5-8(9)10)18(17)6-11(13,14)15/h1-5H,6H2. The van der Waals surface area contributed by atoms with Crippen LogP contribution in [0.1, 0.15) is 0 Å². The molecule has 0 amide bonds. The summed E-state index contributed by atoms with van der Waals surface area (Å²) in [5.41, 5.74) is 0.551. The topological polar surface area (TPSA) is 30.0 Å². The highest BCUT2D eigenvalue weighted by Crippen LogP contribution is 2.25. The van der Waals surface area contributed by atoms with E-state index >= 15 is 0 Å². The van der Waals surface area contributed by atoms with Gasteiger partial charge in [0.1, 0.15) is 5.75 Å². The number of nitrogens with zero attached hydrogens (tertiary/aromatic N) is 1. The molecule has 0 spiro atoms. The van der Waals surface area contributed by atoms with E-state index < -0.39 is 22.7 Å². The molecule has 0 N–H and O–H groups in total. The Morgan fingerprint density at radius 1 is 1.28 bits per heavy atom. The maximum Gasteiger partial charge on any atom is 0.400 e. The Balaban J connectivity index is 2.41. The fourth-order valence-corrected chi connectivity index (χ4v) is 2.61. The summed E-state index contributed by atoms with van der Waals surface area (Å²) in [6.07, 6.45) is -2.96. The third-order valence-electron chi connectivity index (χ3n) is 2.22. The van der Waals surface area contributed by atoms with Crippen LogP contribution in [0.2, 0.25) is 5.02 Å². The molecule has 2 aromatic rings. The average Bonchev–Trinajstić information content (AvgIpc) is 2.27. The molecule has 18 heavy (non-hydrogen) atoms. The first-order chi connectivity index (χ1) is 8.37. The van der Waals surface area contributed by atoms with Crippen molar-refractivity contribution in [3.63, 3.8) is 0 Å². The zero-order chi connectivity index (χ0) is 13.3. The van der Waals surface area contributed by atoms with Crippen molar-refractivity contribution in [1.82, 2.24) is 4.98 Å². The van der Waals surface area contributed by atoms with E-state index in [-0.39, 0.29) is 4.90 Å². The number of aromatic nitrogens is 1. The maximum absolute atomic E-state index is 12.2. The molecular weight excluding hydrogens is 287 g/mol. The van der Waals surface area contributed by atoms with Gasteiger partial charge in [-0.05, 0) is 24.3 Å². The van der Waals surface area contributed by atoms with Crippen molar-refractivity contribution < 1.29 is 17.4 Å². The molecule has 1 unspecified atom stereocenters. The molecule has 96 valence electrons. The monoisotopic (exact) mass is 293 g/mol. The van der Waals surface area contributed by atoms with Gasteiger partial charge in [-0.1, -0.05) is 11.6 Å². The van der Waals surface area contributed by atoms with Crippen LogP contribution >= 0.6 is 11.6 Å². The largest absolute Gasteiger partial charge is 0.400 e. The van der Waals surface area contributed by atoms with Gasteiger partial charge in [0.05, 0.1) is 21.3 Å². The molecule has 0 aliphatic heterocycles. The second-order valence-corrected chi connectivity index (χ2v) is 5.44. The summed E-state index contributed by atoms with van der Waals surface area (Å²) < 4.78 is 48.0. The molecule has 2 rings (SSSR count). The van der Waals surface area contributed by atoms with E-state index in [4.69, 9.17) is 11.6 Å². The first-order valence-electron chi connectivity index (χ1n) is 4.86. The lowest BCUT2D eigenvalue weighted by Gasteiger charge is -2.07. The van der Waals surface area contributed by atoms with Crippen LogP contribution in [0, 0.1) is 0 Å². The minimum atomic E-state index is -4.46. The van der Waals surface area contributed by atoms with Gasteiger partial charge in [-0.25, -0.2) is 0 Å². The molecule has 1 aromatic heterocycles. The SMILES string of the molecule is O=S(CC(F)(F)F)c1ccc2nccc(Cl)c2c1. The summed E-state index contributed by atoms with van der Waals surface area (Å²) in [6, 6.07) is 5.78. The molecule has 1 heterocycles. The van der Waals surface area contributed by atoms with E-state index in [2.05, 4.69) is 4.98 Å². The molecule has 7 heteroatoms. The minimum absolute atomic E-state index is 0.0923. The van der Waals surface area contributed by atoms with Crippen LogP contribution in [0.4, 0.5) is 13.2 Å². The highest BCUT2D eigenvalue weighted by atomic mass is 35.5. The number of alkyl halides is 3. The first kappa shape index (κ1) is 13.3. The summed E-state index contributed by atoms with van der Waals surface area (Å²) >= 11 is 5.91. The third kappa shape index (κ3) is 3.00. The Morgan fingerprint density at radius 3 is 2.67 bits per heavy atom. The number of rotatable bonds is 2. The minimum Gasteiger partial charge on any atom is -0.256 e. The molecule has 0 saturated heterocycles. The second-order valence-electron chi connectivity index (χ2n) is 3.58. The van der Waals surface area contributed by atoms with E-state index in [1.54, 1.807) is 0 Å². The number of hydrogen-bond acceptors (Lipinski definition) is 2. The van der Waals surface area contributed by atoms with Gasteiger partial charge in [-0.2, -0.15) is 13.2 Å². The molecule has 1 aromatic carbocycles. The van der Waals surface area contributed by atoms with Crippen LogP contribution in [-0.4, -0.2) is 21.1 Å². The number of halogens is 4. The Kier molecular flexibility index (Phi) is 3.59. The molecule has 0 bridgehead atoms. The van der Waals surface area contributed by atoms with Gasteiger partial charge in [-0.3, -0.25) is 9.19 Å². The smallest absolute Gasteiger partial charge is 0.256 e. The van der Waals surface area contributed by atoms with Crippen molar-refractivity contribution in [3.05, 3.63) is 35.5 Å². The van der Waals surface area contributed by atoms with Crippen LogP contribution in [-0.2, 0) is 10.8 Å². The molecule has 0 saturated carbocycles. The number of hydrogen-bond donors (Lipinski definition) is 0. The predicted molar refractivity (Wildman–Crippen MR) is 64.1 cm³/mol. The van der Waals surface area contributed by atoms with Crippen LogP contribution < -0.4 is 0 Å². The van der Waals surface area contributed by atoms with E-state index in [1.165, 1.54) is 30.5 Å². The van der Waals surface area contributed by atoms with Gasteiger partial charge in [0.25, 0.3) is 0 Å². The van der Waals surface area contributed by atoms with Gasteiger partial charge < -0.3 is 0 Å². The number of benzene rings is 1. The summed E-state index contributed by atoms with van der Waals surface area (Å²) in [6.45, 7) is 0. The quantitative estimate of drug-likeness (QED) is 0.847. The Labute approximate surface area is 108 Å². The third-order valence-corrected chi connectivity index (χ3v) is 3.92. The van der Waals surface area contributed by atoms with E-state index in [9.17, 15) is 17.4 Å². The average molecular weight is 294 g/mol. The van der Waals surface area contributed by atoms with E-state index in [0.717, 1.165) is 0 Å². The highest BCUT2D eigenvalue weighted by molar-refractivity contribution is 7.85. The van der Waals surface area contributed by atoms with Gasteiger partial charge in [-0.15, -0.1) is 0 Å². The van der Waals surface area contributed by atoms with Crippen LogP contribution in [0.15, 0.2) is 35.4 Å².